The van der Waals surface area contributed by atoms with Crippen LogP contribution in [0.15, 0.2) is 115 Å². The van der Waals surface area contributed by atoms with Crippen molar-refractivity contribution in [2.75, 3.05) is 19.0 Å². The van der Waals surface area contributed by atoms with Crippen LogP contribution in [-0.4, -0.2) is 48.1 Å². The van der Waals surface area contributed by atoms with Crippen LogP contribution in [-0.2, 0) is 14.9 Å². The van der Waals surface area contributed by atoms with E-state index in [9.17, 15) is 23.4 Å². The molecular weight excluding hydrogens is 605 g/mol. The van der Waals surface area contributed by atoms with E-state index in [0.717, 1.165) is 25.4 Å². The van der Waals surface area contributed by atoms with Gasteiger partial charge in [0.2, 0.25) is 5.91 Å². The van der Waals surface area contributed by atoms with Crippen molar-refractivity contribution in [1.82, 2.24) is 5.32 Å². The molecule has 45 heavy (non-hydrogen) atoms. The Labute approximate surface area is 267 Å². The van der Waals surface area contributed by atoms with Gasteiger partial charge in [-0.2, -0.15) is 8.42 Å². The fourth-order valence-corrected chi connectivity index (χ4v) is 9.56. The zero-order valence-electron chi connectivity index (χ0n) is 25.6. The summed E-state index contributed by atoms with van der Waals surface area (Å²) in [5, 5.41) is 26.2. The van der Waals surface area contributed by atoms with E-state index in [2.05, 4.69) is 96.3 Å². The third-order valence-electron chi connectivity index (χ3n) is 7.24. The monoisotopic (exact) mass is 648 g/mol. The molecule has 0 aliphatic heterocycles. The SMILES string of the molecule is CS(=O)(=O)O.O=C(/C=C/c1ccc(O)c(O)c1)NCCCCCCCC[P+](c1ccccc1)(c1ccccc1)c1ccccc1. The van der Waals surface area contributed by atoms with Crippen LogP contribution in [0.4, 0.5) is 0 Å². The standard InChI is InChI=1S/C35H38NO3P.CH4O3S/c37-33-24-22-29(28-34(33)38)23-25-35(39)36-26-14-3-1-2-4-15-27-40(30-16-8-5-9-17-30,31-18-10-6-11-19-31)32-20-12-7-13-21-32;1-5(2,3)4/h5-13,16-25,28H,1-4,14-15,26-27H2,(H2-,36,37,38,39);1H3,(H,2,3,4)/p+1. The van der Waals surface area contributed by atoms with Crippen molar-refractivity contribution < 1.29 is 28.0 Å². The number of aromatic hydroxyl groups is 2. The minimum atomic E-state index is -3.67. The lowest BCUT2D eigenvalue weighted by atomic mass is 10.1. The molecule has 4 aromatic carbocycles. The number of unbranched alkanes of at least 4 members (excludes halogenated alkanes) is 5. The molecule has 4 rings (SSSR count). The lowest BCUT2D eigenvalue weighted by Crippen LogP contribution is -2.33. The first-order chi connectivity index (χ1) is 21.6. The smallest absolute Gasteiger partial charge is 0.261 e. The highest BCUT2D eigenvalue weighted by Crippen LogP contribution is 2.56. The van der Waals surface area contributed by atoms with Crippen LogP contribution in [0, 0.1) is 0 Å². The molecule has 0 aliphatic carbocycles. The molecular formula is C36H43NO6PS+. The first-order valence-corrected chi connectivity index (χ1v) is 18.9. The van der Waals surface area contributed by atoms with Gasteiger partial charge in [0, 0.05) is 12.6 Å². The molecule has 0 aliphatic rings. The lowest BCUT2D eigenvalue weighted by molar-refractivity contribution is -0.116. The van der Waals surface area contributed by atoms with E-state index >= 15 is 0 Å². The molecule has 0 radical (unpaired) electrons. The largest absolute Gasteiger partial charge is 0.504 e. The molecule has 0 unspecified atom stereocenters. The normalized spacial score (nSPS) is 11.5. The maximum Gasteiger partial charge on any atom is 0.261 e. The van der Waals surface area contributed by atoms with Crippen molar-refractivity contribution in [3.63, 3.8) is 0 Å². The molecule has 0 bridgehead atoms. The quantitative estimate of drug-likeness (QED) is 0.0433. The minimum Gasteiger partial charge on any atom is -0.504 e. The summed E-state index contributed by atoms with van der Waals surface area (Å²) in [5.41, 5.74) is 0.656. The van der Waals surface area contributed by atoms with Crippen molar-refractivity contribution in [3.8, 4) is 11.5 Å². The summed E-state index contributed by atoms with van der Waals surface area (Å²) < 4.78 is 25.9. The van der Waals surface area contributed by atoms with Gasteiger partial charge >= 0.3 is 0 Å². The molecule has 7 nitrogen and oxygen atoms in total. The molecule has 238 valence electrons. The van der Waals surface area contributed by atoms with Crippen molar-refractivity contribution in [3.05, 3.63) is 121 Å². The second-order valence-corrected chi connectivity index (χ2v) is 15.8. The van der Waals surface area contributed by atoms with Crippen LogP contribution in [0.25, 0.3) is 6.08 Å². The molecule has 0 atom stereocenters. The Bertz CT molecular complexity index is 1490. The van der Waals surface area contributed by atoms with E-state index in [4.69, 9.17) is 4.55 Å². The highest BCUT2D eigenvalue weighted by Gasteiger charge is 2.44. The van der Waals surface area contributed by atoms with E-state index in [1.165, 1.54) is 53.4 Å². The number of carbonyl (C=O) groups excluding carboxylic acids is 1. The van der Waals surface area contributed by atoms with E-state index < -0.39 is 17.4 Å². The highest BCUT2D eigenvalue weighted by atomic mass is 32.2. The average molecular weight is 649 g/mol. The van der Waals surface area contributed by atoms with E-state index in [1.807, 2.05) is 0 Å². The number of phenolic OH excluding ortho intramolecular Hbond substituents is 2. The Hall–Kier alpha value is -3.97. The summed E-state index contributed by atoms with van der Waals surface area (Å²) in [6.07, 6.45) is 11.7. The van der Waals surface area contributed by atoms with Crippen molar-refractivity contribution in [2.45, 2.75) is 38.5 Å². The molecule has 9 heteroatoms. The van der Waals surface area contributed by atoms with Gasteiger partial charge in [0.1, 0.15) is 23.2 Å². The second kappa shape index (κ2) is 18.1. The average Bonchev–Trinajstić information content (AvgIpc) is 3.03. The molecule has 4 aromatic rings. The van der Waals surface area contributed by atoms with Gasteiger partial charge < -0.3 is 15.5 Å². The van der Waals surface area contributed by atoms with Gasteiger partial charge in [-0.15, -0.1) is 0 Å². The molecule has 0 spiro atoms. The van der Waals surface area contributed by atoms with Gasteiger partial charge in [-0.1, -0.05) is 79.9 Å². The number of benzene rings is 4. The summed E-state index contributed by atoms with van der Waals surface area (Å²) in [6, 6.07) is 37.7. The molecule has 0 saturated heterocycles. The van der Waals surface area contributed by atoms with E-state index in [0.29, 0.717) is 18.4 Å². The number of rotatable bonds is 14. The van der Waals surface area contributed by atoms with E-state index in [1.54, 1.807) is 12.1 Å². The minimum absolute atomic E-state index is 0.157. The summed E-state index contributed by atoms with van der Waals surface area (Å²) in [5.74, 6) is -0.530. The Balaban J connectivity index is 0.00000102. The lowest BCUT2D eigenvalue weighted by Gasteiger charge is -2.27. The Morgan fingerprint density at radius 3 is 1.60 bits per heavy atom. The van der Waals surface area contributed by atoms with Gasteiger partial charge in [-0.25, -0.2) is 0 Å². The second-order valence-electron chi connectivity index (χ2n) is 10.8. The van der Waals surface area contributed by atoms with Gasteiger partial charge in [0.25, 0.3) is 10.1 Å². The first-order valence-electron chi connectivity index (χ1n) is 15.0. The van der Waals surface area contributed by atoms with Crippen LogP contribution >= 0.6 is 7.26 Å². The van der Waals surface area contributed by atoms with Gasteiger partial charge in [-0.3, -0.25) is 9.35 Å². The third-order valence-corrected chi connectivity index (χ3v) is 11.8. The Morgan fingerprint density at radius 2 is 1.13 bits per heavy atom. The van der Waals surface area contributed by atoms with Crippen LogP contribution in [0.2, 0.25) is 0 Å². The molecule has 4 N–H and O–H groups in total. The fraction of sp³-hybridized carbons (Fsp3) is 0.250. The zero-order chi connectivity index (χ0) is 32.5. The van der Waals surface area contributed by atoms with Crippen LogP contribution in [0.5, 0.6) is 11.5 Å². The summed E-state index contributed by atoms with van der Waals surface area (Å²) in [7, 11) is -5.41. The number of hydrogen-bond acceptors (Lipinski definition) is 5. The number of phenols is 2. The summed E-state index contributed by atoms with van der Waals surface area (Å²) >= 11 is 0. The maximum atomic E-state index is 12.1. The molecule has 1 amide bonds. The molecule has 0 saturated carbocycles. The topological polar surface area (TPSA) is 124 Å². The Kier molecular flexibility index (Phi) is 14.3. The fourth-order valence-electron chi connectivity index (χ4n) is 5.15. The van der Waals surface area contributed by atoms with Gasteiger partial charge in [0.05, 0.1) is 12.4 Å². The predicted octanol–water partition coefficient (Wildman–Crippen LogP) is 6.07. The Morgan fingerprint density at radius 1 is 0.689 bits per heavy atom. The third kappa shape index (κ3) is 12.1. The van der Waals surface area contributed by atoms with Gasteiger partial charge in [-0.05, 0) is 79.4 Å². The number of nitrogens with one attached hydrogen (secondary N) is 1. The van der Waals surface area contributed by atoms with E-state index in [-0.39, 0.29) is 17.4 Å². The summed E-state index contributed by atoms with van der Waals surface area (Å²) in [6.45, 7) is 0.647. The van der Waals surface area contributed by atoms with Crippen LogP contribution in [0.3, 0.4) is 0 Å². The number of amides is 1. The summed E-state index contributed by atoms with van der Waals surface area (Å²) in [4.78, 5) is 12.1. The van der Waals surface area contributed by atoms with Gasteiger partial charge in [0.15, 0.2) is 11.5 Å². The molecule has 0 heterocycles. The van der Waals surface area contributed by atoms with Crippen LogP contribution in [0.1, 0.15) is 44.1 Å². The molecule has 0 fully saturated rings. The van der Waals surface area contributed by atoms with Crippen LogP contribution < -0.4 is 21.2 Å². The van der Waals surface area contributed by atoms with Crippen molar-refractivity contribution in [2.24, 2.45) is 0 Å². The highest BCUT2D eigenvalue weighted by molar-refractivity contribution is 7.95. The maximum absolute atomic E-state index is 12.1. The van der Waals surface area contributed by atoms with Crippen molar-refractivity contribution >= 4 is 45.3 Å². The number of hydrogen-bond donors (Lipinski definition) is 4. The first kappa shape index (κ1) is 35.5. The predicted molar refractivity (Wildman–Crippen MR) is 187 cm³/mol. The molecule has 0 aromatic heterocycles. The van der Waals surface area contributed by atoms with Crippen molar-refractivity contribution in [1.29, 1.82) is 0 Å². The zero-order valence-corrected chi connectivity index (χ0v) is 27.3. The number of carbonyl (C=O) groups is 1.